The van der Waals surface area contributed by atoms with E-state index in [0.29, 0.717) is 16.3 Å². The van der Waals surface area contributed by atoms with Gasteiger partial charge in [-0.15, -0.1) is 0 Å². The molecule has 4 nitrogen and oxygen atoms in total. The molecule has 1 aromatic rings. The summed E-state index contributed by atoms with van der Waals surface area (Å²) in [5, 5.41) is 3.30. The van der Waals surface area contributed by atoms with Crippen molar-refractivity contribution >= 4 is 21.8 Å². The number of piperazine rings is 1. The zero-order valence-electron chi connectivity index (χ0n) is 8.50. The van der Waals surface area contributed by atoms with Crippen molar-refractivity contribution in [2.75, 3.05) is 19.6 Å². The minimum Gasteiger partial charge on any atom is -0.457 e. The molecule has 15 heavy (non-hydrogen) atoms. The second kappa shape index (κ2) is 4.37. The van der Waals surface area contributed by atoms with Crippen LogP contribution < -0.4 is 5.32 Å². The number of hydrogen-bond donors (Lipinski definition) is 1. The van der Waals surface area contributed by atoms with Gasteiger partial charge in [-0.25, -0.2) is 0 Å². The fourth-order valence-electron chi connectivity index (χ4n) is 1.73. The molecule has 1 unspecified atom stereocenters. The molecule has 1 aliphatic heterocycles. The monoisotopic (exact) mass is 272 g/mol. The minimum absolute atomic E-state index is 0.0315. The average Bonchev–Trinajstić information content (AvgIpc) is 2.63. The molecule has 0 aliphatic carbocycles. The molecule has 1 N–H and O–H groups in total. The van der Waals surface area contributed by atoms with Gasteiger partial charge in [0.15, 0.2) is 4.67 Å². The number of carbonyl (C=O) groups is 1. The fourth-order valence-corrected chi connectivity index (χ4v) is 2.14. The molecule has 1 atom stereocenters. The van der Waals surface area contributed by atoms with Gasteiger partial charge in [0.25, 0.3) is 5.91 Å². The van der Waals surface area contributed by atoms with Crippen LogP contribution in [0, 0.1) is 0 Å². The Hall–Kier alpha value is -0.810. The Bertz CT molecular complexity index is 364. The normalized spacial score (nSPS) is 21.7. The van der Waals surface area contributed by atoms with Crippen LogP contribution in [0.4, 0.5) is 0 Å². The Morgan fingerprint density at radius 2 is 2.53 bits per heavy atom. The summed E-state index contributed by atoms with van der Waals surface area (Å²) in [6.45, 7) is 4.42. The first-order chi connectivity index (χ1) is 7.18. The molecule has 1 fully saturated rings. The van der Waals surface area contributed by atoms with Gasteiger partial charge in [0, 0.05) is 25.7 Å². The van der Waals surface area contributed by atoms with Crippen LogP contribution in [-0.2, 0) is 0 Å². The molecule has 0 aromatic carbocycles. The second-order valence-corrected chi connectivity index (χ2v) is 4.43. The molecule has 2 heterocycles. The lowest BCUT2D eigenvalue weighted by molar-refractivity contribution is 0.0707. The first-order valence-electron chi connectivity index (χ1n) is 4.94. The first-order valence-corrected chi connectivity index (χ1v) is 5.73. The van der Waals surface area contributed by atoms with Gasteiger partial charge in [-0.1, -0.05) is 0 Å². The summed E-state index contributed by atoms with van der Waals surface area (Å²) in [5.41, 5.74) is 0.601. The summed E-state index contributed by atoms with van der Waals surface area (Å²) < 4.78 is 5.57. The minimum atomic E-state index is 0.0315. The Morgan fingerprint density at radius 3 is 3.13 bits per heavy atom. The third kappa shape index (κ3) is 2.23. The highest BCUT2D eigenvalue weighted by Gasteiger charge is 2.23. The van der Waals surface area contributed by atoms with Gasteiger partial charge >= 0.3 is 0 Å². The van der Waals surface area contributed by atoms with Crippen LogP contribution in [0.2, 0.25) is 0 Å². The maximum atomic E-state index is 12.0. The Morgan fingerprint density at radius 1 is 1.73 bits per heavy atom. The van der Waals surface area contributed by atoms with E-state index in [1.165, 1.54) is 6.26 Å². The van der Waals surface area contributed by atoms with Gasteiger partial charge in [0.05, 0.1) is 11.8 Å². The topological polar surface area (TPSA) is 45.5 Å². The van der Waals surface area contributed by atoms with E-state index in [-0.39, 0.29) is 5.91 Å². The number of halogens is 1. The number of nitrogens with one attached hydrogen (secondary N) is 1. The molecule has 2 rings (SSSR count). The third-order valence-corrected chi connectivity index (χ3v) is 3.12. The van der Waals surface area contributed by atoms with E-state index >= 15 is 0 Å². The van der Waals surface area contributed by atoms with Gasteiger partial charge in [-0.3, -0.25) is 4.79 Å². The molecule has 5 heteroatoms. The maximum Gasteiger partial charge on any atom is 0.258 e. The van der Waals surface area contributed by atoms with Gasteiger partial charge < -0.3 is 14.6 Å². The predicted molar refractivity (Wildman–Crippen MR) is 59.8 cm³/mol. The fraction of sp³-hybridized carbons (Fsp3) is 0.500. The summed E-state index contributed by atoms with van der Waals surface area (Å²) in [4.78, 5) is 13.9. The van der Waals surface area contributed by atoms with Crippen LogP contribution in [0.3, 0.4) is 0 Å². The van der Waals surface area contributed by atoms with Crippen molar-refractivity contribution in [1.29, 1.82) is 0 Å². The summed E-state index contributed by atoms with van der Waals surface area (Å²) in [6, 6.07) is 2.05. The Kier molecular flexibility index (Phi) is 3.11. The zero-order chi connectivity index (χ0) is 10.8. The lowest BCUT2D eigenvalue weighted by Gasteiger charge is -2.31. The van der Waals surface area contributed by atoms with E-state index in [1.807, 2.05) is 4.90 Å². The van der Waals surface area contributed by atoms with Crippen LogP contribution in [0.25, 0.3) is 0 Å². The Labute approximate surface area is 96.7 Å². The SMILES string of the molecule is CC1CN(C(=O)c2ccoc2Br)CCN1. The van der Waals surface area contributed by atoms with Crippen LogP contribution >= 0.6 is 15.9 Å². The number of furan rings is 1. The number of amides is 1. The molecule has 1 amide bonds. The number of hydrogen-bond acceptors (Lipinski definition) is 3. The van der Waals surface area contributed by atoms with Crippen LogP contribution in [0.1, 0.15) is 17.3 Å². The lowest BCUT2D eigenvalue weighted by atomic mass is 10.2. The van der Waals surface area contributed by atoms with E-state index in [0.717, 1.165) is 19.6 Å². The van der Waals surface area contributed by atoms with Crippen molar-refractivity contribution < 1.29 is 9.21 Å². The lowest BCUT2D eigenvalue weighted by Crippen LogP contribution is -2.51. The zero-order valence-corrected chi connectivity index (χ0v) is 10.1. The highest BCUT2D eigenvalue weighted by molar-refractivity contribution is 9.10. The standard InChI is InChI=1S/C10H13BrN2O2/c1-7-6-13(4-3-12-7)10(14)8-2-5-15-9(8)11/h2,5,7,12H,3-4,6H2,1H3. The number of nitrogens with zero attached hydrogens (tertiary/aromatic N) is 1. The van der Waals surface area contributed by atoms with Gasteiger partial charge in [-0.2, -0.15) is 0 Å². The molecule has 82 valence electrons. The van der Waals surface area contributed by atoms with E-state index < -0.39 is 0 Å². The van der Waals surface area contributed by atoms with Crippen LogP contribution in [-0.4, -0.2) is 36.5 Å². The predicted octanol–water partition coefficient (Wildman–Crippen LogP) is 1.48. The summed E-state index contributed by atoms with van der Waals surface area (Å²) in [7, 11) is 0. The number of carbonyl (C=O) groups excluding carboxylic acids is 1. The van der Waals surface area contributed by atoms with E-state index in [1.54, 1.807) is 6.07 Å². The van der Waals surface area contributed by atoms with Crippen LogP contribution in [0.5, 0.6) is 0 Å². The average molecular weight is 273 g/mol. The van der Waals surface area contributed by atoms with Crippen molar-refractivity contribution in [3.8, 4) is 0 Å². The van der Waals surface area contributed by atoms with E-state index in [9.17, 15) is 4.79 Å². The molecule has 1 saturated heterocycles. The van der Waals surface area contributed by atoms with Crippen molar-refractivity contribution in [3.05, 3.63) is 22.6 Å². The molecule has 1 aliphatic rings. The molecule has 0 bridgehead atoms. The molecule has 0 radical (unpaired) electrons. The smallest absolute Gasteiger partial charge is 0.258 e. The maximum absolute atomic E-state index is 12.0. The van der Waals surface area contributed by atoms with Crippen LogP contribution in [0.15, 0.2) is 21.4 Å². The van der Waals surface area contributed by atoms with E-state index in [4.69, 9.17) is 4.42 Å². The number of rotatable bonds is 1. The molecule has 0 spiro atoms. The third-order valence-electron chi connectivity index (χ3n) is 2.50. The quantitative estimate of drug-likeness (QED) is 0.843. The van der Waals surface area contributed by atoms with Gasteiger partial charge in [0.2, 0.25) is 0 Å². The van der Waals surface area contributed by atoms with Gasteiger partial charge in [0.1, 0.15) is 0 Å². The van der Waals surface area contributed by atoms with Crippen molar-refractivity contribution in [2.45, 2.75) is 13.0 Å². The van der Waals surface area contributed by atoms with Gasteiger partial charge in [-0.05, 0) is 28.9 Å². The van der Waals surface area contributed by atoms with Crippen molar-refractivity contribution in [3.63, 3.8) is 0 Å². The Balaban J connectivity index is 2.11. The van der Waals surface area contributed by atoms with Crippen molar-refractivity contribution in [1.82, 2.24) is 10.2 Å². The highest BCUT2D eigenvalue weighted by atomic mass is 79.9. The summed E-state index contributed by atoms with van der Waals surface area (Å²) >= 11 is 3.22. The van der Waals surface area contributed by atoms with E-state index in [2.05, 4.69) is 28.2 Å². The second-order valence-electron chi connectivity index (χ2n) is 3.71. The summed E-state index contributed by atoms with van der Waals surface area (Å²) in [6.07, 6.45) is 1.52. The van der Waals surface area contributed by atoms with Crippen molar-refractivity contribution in [2.24, 2.45) is 0 Å². The first kappa shape index (κ1) is 10.7. The highest BCUT2D eigenvalue weighted by Crippen LogP contribution is 2.19. The molecular formula is C10H13BrN2O2. The largest absolute Gasteiger partial charge is 0.457 e. The molecule has 1 aromatic heterocycles. The molecular weight excluding hydrogens is 260 g/mol. The molecule has 0 saturated carbocycles. The summed E-state index contributed by atoms with van der Waals surface area (Å²) in [5.74, 6) is 0.0315.